The van der Waals surface area contributed by atoms with Gasteiger partial charge in [-0.25, -0.2) is 9.98 Å². The molecule has 1 aromatic heterocycles. The second kappa shape index (κ2) is 11.1. The number of carbonyl (C=O) groups is 1. The fourth-order valence-electron chi connectivity index (χ4n) is 4.99. The monoisotopic (exact) mass is 477 g/mol. The molecule has 1 saturated carbocycles. The Balaban J connectivity index is 1.50. The molecule has 1 aromatic carbocycles. The summed E-state index contributed by atoms with van der Waals surface area (Å²) in [5.74, 6) is 2.25. The molecule has 2 heterocycles. The number of pyridine rings is 1. The number of rotatable bonds is 8. The largest absolute Gasteiger partial charge is 0.439 e. The zero-order chi connectivity index (χ0) is 24.8. The Bertz CT molecular complexity index is 1030. The molecular weight excluding hydrogens is 438 g/mol. The van der Waals surface area contributed by atoms with Gasteiger partial charge in [0.1, 0.15) is 5.75 Å². The first-order valence-electron chi connectivity index (χ1n) is 12.9. The molecule has 2 aliphatic rings. The maximum Gasteiger partial charge on any atom is 0.222 e. The van der Waals surface area contributed by atoms with E-state index in [0.717, 1.165) is 36.3 Å². The summed E-state index contributed by atoms with van der Waals surface area (Å²) in [5.41, 5.74) is 8.44. The van der Waals surface area contributed by atoms with E-state index in [1.165, 1.54) is 19.3 Å². The van der Waals surface area contributed by atoms with Gasteiger partial charge in [0.25, 0.3) is 0 Å². The number of nitrogens with two attached hydrogens (primary N) is 1. The van der Waals surface area contributed by atoms with Crippen LogP contribution in [-0.4, -0.2) is 34.3 Å². The summed E-state index contributed by atoms with van der Waals surface area (Å²) in [7, 11) is 0. The summed E-state index contributed by atoms with van der Waals surface area (Å²) < 4.78 is 5.95. The smallest absolute Gasteiger partial charge is 0.222 e. The predicted molar refractivity (Wildman–Crippen MR) is 140 cm³/mol. The fraction of sp³-hybridized carbons (Fsp3) is 0.536. The van der Waals surface area contributed by atoms with Gasteiger partial charge in [-0.05, 0) is 42.7 Å². The third-order valence-electron chi connectivity index (χ3n) is 6.96. The second-order valence-corrected chi connectivity index (χ2v) is 11.0. The van der Waals surface area contributed by atoms with Crippen molar-refractivity contribution in [2.75, 3.05) is 6.54 Å². The van der Waals surface area contributed by atoms with Gasteiger partial charge in [0.15, 0.2) is 5.96 Å². The van der Waals surface area contributed by atoms with Gasteiger partial charge in [-0.2, -0.15) is 0 Å². The van der Waals surface area contributed by atoms with Crippen LogP contribution in [0.3, 0.4) is 0 Å². The van der Waals surface area contributed by atoms with E-state index in [2.05, 4.69) is 41.0 Å². The molecule has 0 spiro atoms. The molecule has 35 heavy (non-hydrogen) atoms. The Morgan fingerprint density at radius 1 is 1.20 bits per heavy atom. The third kappa shape index (κ3) is 6.96. The van der Waals surface area contributed by atoms with E-state index in [-0.39, 0.29) is 17.4 Å². The van der Waals surface area contributed by atoms with Crippen molar-refractivity contribution in [1.29, 1.82) is 0 Å². The molecule has 0 unspecified atom stereocenters. The van der Waals surface area contributed by atoms with E-state index in [9.17, 15) is 4.79 Å². The molecule has 0 bridgehead atoms. The number of aliphatic imine (C=N–C) groups is 1. The number of nitrogens with one attached hydrogen (secondary N) is 1. The topological polar surface area (TPSA) is 92.8 Å². The normalized spacial score (nSPS) is 17.3. The van der Waals surface area contributed by atoms with Gasteiger partial charge in [-0.3, -0.25) is 4.79 Å². The summed E-state index contributed by atoms with van der Waals surface area (Å²) in [6.45, 7) is 7.86. The van der Waals surface area contributed by atoms with Crippen LogP contribution in [0.4, 0.5) is 5.69 Å². The number of ether oxygens (including phenoxy) is 1. The maximum absolute atomic E-state index is 13.0. The molecule has 1 aliphatic heterocycles. The summed E-state index contributed by atoms with van der Waals surface area (Å²) >= 11 is 0. The van der Waals surface area contributed by atoms with Crippen molar-refractivity contribution in [3.63, 3.8) is 0 Å². The van der Waals surface area contributed by atoms with Gasteiger partial charge in [0.05, 0.1) is 11.9 Å². The second-order valence-electron chi connectivity index (χ2n) is 11.0. The summed E-state index contributed by atoms with van der Waals surface area (Å²) in [6.07, 6.45) is 9.00. The lowest BCUT2D eigenvalue weighted by Crippen LogP contribution is -2.51. The highest BCUT2D eigenvalue weighted by Crippen LogP contribution is 2.35. The Kier molecular flexibility index (Phi) is 7.93. The van der Waals surface area contributed by atoms with Crippen molar-refractivity contribution in [2.45, 2.75) is 78.3 Å². The SMILES string of the molecule is CC(C)(C)CCNC(=O)C[C@@H](C1CCCCC1)N1Cc2cc(Oc3ccccc3)ncc2N=C1N. The zero-order valence-electron chi connectivity index (χ0n) is 21.3. The van der Waals surface area contributed by atoms with Crippen molar-refractivity contribution in [2.24, 2.45) is 22.1 Å². The highest BCUT2D eigenvalue weighted by molar-refractivity contribution is 5.85. The number of carbonyl (C=O) groups excluding carboxylic acids is 1. The molecule has 0 radical (unpaired) electrons. The first-order valence-corrected chi connectivity index (χ1v) is 12.9. The fourth-order valence-corrected chi connectivity index (χ4v) is 4.99. The number of amides is 1. The van der Waals surface area contributed by atoms with Crippen LogP contribution in [0.25, 0.3) is 0 Å². The lowest BCUT2D eigenvalue weighted by Gasteiger charge is -2.41. The lowest BCUT2D eigenvalue weighted by atomic mass is 9.81. The Morgan fingerprint density at radius 3 is 2.66 bits per heavy atom. The molecule has 1 fully saturated rings. The Hall–Kier alpha value is -3.09. The van der Waals surface area contributed by atoms with Crippen molar-refractivity contribution in [3.8, 4) is 11.6 Å². The molecular formula is C28H39N5O2. The van der Waals surface area contributed by atoms with Crippen LogP contribution in [-0.2, 0) is 11.3 Å². The minimum absolute atomic E-state index is 0.0218. The number of nitrogens with zero attached hydrogens (tertiary/aromatic N) is 3. The van der Waals surface area contributed by atoms with Crippen molar-refractivity contribution in [3.05, 3.63) is 48.2 Å². The number of hydrogen-bond donors (Lipinski definition) is 2. The first kappa shape index (κ1) is 25.0. The molecule has 4 rings (SSSR count). The van der Waals surface area contributed by atoms with Crippen LogP contribution in [0.1, 0.15) is 71.3 Å². The van der Waals surface area contributed by atoms with E-state index in [0.29, 0.717) is 37.3 Å². The Morgan fingerprint density at radius 2 is 1.94 bits per heavy atom. The van der Waals surface area contributed by atoms with Crippen LogP contribution < -0.4 is 15.8 Å². The maximum atomic E-state index is 13.0. The molecule has 0 saturated heterocycles. The van der Waals surface area contributed by atoms with Crippen molar-refractivity contribution < 1.29 is 9.53 Å². The Labute approximate surface area is 209 Å². The number of aromatic nitrogens is 1. The van der Waals surface area contributed by atoms with E-state index < -0.39 is 0 Å². The molecule has 1 aliphatic carbocycles. The third-order valence-corrected chi connectivity index (χ3v) is 6.96. The minimum atomic E-state index is 0.0218. The standard InChI is InChI=1S/C28H39N5O2/c1-28(2,3)14-15-30-25(34)17-24(20-10-6-4-7-11-20)33-19-21-16-26(31-18-23(21)32-27(33)29)35-22-12-8-5-9-13-22/h5,8-9,12-13,16,18,20,24H,4,6-7,10-11,14-15,17,19H2,1-3H3,(H2,29,32)(H,30,34)/t24-/m0/s1. The molecule has 7 heteroatoms. The highest BCUT2D eigenvalue weighted by Gasteiger charge is 2.34. The number of fused-ring (bicyclic) bond motifs is 1. The van der Waals surface area contributed by atoms with Crippen LogP contribution in [0.15, 0.2) is 47.6 Å². The average Bonchev–Trinajstić information content (AvgIpc) is 2.83. The number of hydrogen-bond acceptors (Lipinski definition) is 6. The summed E-state index contributed by atoms with van der Waals surface area (Å²) in [4.78, 5) is 24.2. The number of para-hydroxylation sites is 1. The van der Waals surface area contributed by atoms with E-state index >= 15 is 0 Å². The number of benzene rings is 1. The first-order chi connectivity index (χ1) is 16.8. The molecule has 7 nitrogen and oxygen atoms in total. The lowest BCUT2D eigenvalue weighted by molar-refractivity contribution is -0.122. The van der Waals surface area contributed by atoms with Crippen LogP contribution in [0, 0.1) is 11.3 Å². The van der Waals surface area contributed by atoms with Gasteiger partial charge in [0.2, 0.25) is 11.8 Å². The molecule has 2 aromatic rings. The summed E-state index contributed by atoms with van der Waals surface area (Å²) in [5, 5.41) is 3.14. The number of guanidine groups is 1. The molecule has 188 valence electrons. The van der Waals surface area contributed by atoms with Gasteiger partial charge >= 0.3 is 0 Å². The van der Waals surface area contributed by atoms with Crippen molar-refractivity contribution in [1.82, 2.24) is 15.2 Å². The van der Waals surface area contributed by atoms with Crippen molar-refractivity contribution >= 4 is 17.6 Å². The van der Waals surface area contributed by atoms with E-state index in [1.807, 2.05) is 36.4 Å². The zero-order valence-corrected chi connectivity index (χ0v) is 21.3. The van der Waals surface area contributed by atoms with Gasteiger partial charge < -0.3 is 20.7 Å². The van der Waals surface area contributed by atoms with Crippen LogP contribution in [0.2, 0.25) is 0 Å². The van der Waals surface area contributed by atoms with Gasteiger partial charge in [-0.1, -0.05) is 58.2 Å². The minimum Gasteiger partial charge on any atom is -0.439 e. The molecule has 1 amide bonds. The van der Waals surface area contributed by atoms with E-state index in [4.69, 9.17) is 10.5 Å². The molecule has 3 N–H and O–H groups in total. The highest BCUT2D eigenvalue weighted by atomic mass is 16.5. The molecule has 1 atom stereocenters. The quantitative estimate of drug-likeness (QED) is 0.522. The van der Waals surface area contributed by atoms with Crippen LogP contribution >= 0.6 is 0 Å². The summed E-state index contributed by atoms with van der Waals surface area (Å²) in [6, 6.07) is 11.6. The predicted octanol–water partition coefficient (Wildman–Crippen LogP) is 5.53. The van der Waals surface area contributed by atoms with E-state index in [1.54, 1.807) is 6.20 Å². The van der Waals surface area contributed by atoms with Gasteiger partial charge in [-0.15, -0.1) is 0 Å². The average molecular weight is 478 g/mol. The van der Waals surface area contributed by atoms with Crippen LogP contribution in [0.5, 0.6) is 11.6 Å². The van der Waals surface area contributed by atoms with Gasteiger partial charge in [0, 0.05) is 37.2 Å².